The highest BCUT2D eigenvalue weighted by Gasteiger charge is 2.44. The van der Waals surface area contributed by atoms with E-state index in [0.29, 0.717) is 0 Å². The minimum atomic E-state index is -3.90. The largest absolute Gasteiger partial charge is 0.362 e. The van der Waals surface area contributed by atoms with Crippen LogP contribution in [0.15, 0.2) is 0 Å². The normalized spacial score (nSPS) is 14.2. The first-order valence-electron chi connectivity index (χ1n) is 1.59. The van der Waals surface area contributed by atoms with Crippen LogP contribution in [0.25, 0.3) is 0 Å². The zero-order valence-corrected chi connectivity index (χ0v) is 3.68. The number of hydrogen-bond acceptors (Lipinski definition) is 6. The quantitative estimate of drug-likeness (QED) is 0.201. The van der Waals surface area contributed by atoms with E-state index in [-0.39, 0.29) is 0 Å². The Morgan fingerprint density at radius 3 is 0.625 bits per heavy atom. The molecule has 0 aromatic rings. The van der Waals surface area contributed by atoms with Crippen LogP contribution in [0.1, 0.15) is 0 Å². The van der Waals surface area contributed by atoms with Crippen molar-refractivity contribution in [1.29, 1.82) is 0 Å². The van der Waals surface area contributed by atoms with Crippen molar-refractivity contribution in [3.8, 4) is 0 Å². The molecule has 0 aromatic carbocycles. The van der Waals surface area contributed by atoms with E-state index in [1.54, 1.807) is 0 Å². The molecule has 50 valence electrons. The molecule has 0 rings (SSSR count). The van der Waals surface area contributed by atoms with Gasteiger partial charge in [-0.1, -0.05) is 0 Å². The van der Waals surface area contributed by atoms with Gasteiger partial charge in [-0.2, -0.15) is 0 Å². The van der Waals surface area contributed by atoms with Crippen molar-refractivity contribution in [3.05, 3.63) is 0 Å². The summed E-state index contributed by atoms with van der Waals surface area (Å²) in [7, 11) is 0. The van der Waals surface area contributed by atoms with Crippen molar-refractivity contribution < 1.29 is 30.6 Å². The molecule has 0 unspecified atom stereocenters. The lowest BCUT2D eigenvalue weighted by atomic mass is 10.5. The van der Waals surface area contributed by atoms with Crippen molar-refractivity contribution in [2.24, 2.45) is 0 Å². The van der Waals surface area contributed by atoms with Gasteiger partial charge in [0.05, 0.1) is 0 Å². The maximum atomic E-state index is 7.72. The van der Waals surface area contributed by atoms with Crippen molar-refractivity contribution in [1.82, 2.24) is 0 Å². The molecule has 0 aliphatic rings. The van der Waals surface area contributed by atoms with Gasteiger partial charge >= 0.3 is 11.9 Å². The summed E-state index contributed by atoms with van der Waals surface area (Å²) >= 11 is 0. The molecule has 0 bridgehead atoms. The molecule has 6 heteroatoms. The fourth-order valence-corrected chi connectivity index (χ4v) is 0. The predicted octanol–water partition coefficient (Wildman–Crippen LogP) is -3.75. The second-order valence-corrected chi connectivity index (χ2v) is 1.27. The average molecular weight is 126 g/mol. The van der Waals surface area contributed by atoms with Gasteiger partial charge in [0, 0.05) is 0 Å². The Morgan fingerprint density at radius 2 is 0.625 bits per heavy atom. The molecule has 0 aliphatic heterocycles. The van der Waals surface area contributed by atoms with E-state index in [2.05, 4.69) is 0 Å². The topological polar surface area (TPSA) is 121 Å². The fourth-order valence-electron chi connectivity index (χ4n) is 0. The molecule has 0 heterocycles. The van der Waals surface area contributed by atoms with Crippen LogP contribution in [-0.2, 0) is 0 Å². The molecule has 0 amide bonds. The number of hydrogen-bond donors (Lipinski definition) is 6. The minimum absolute atomic E-state index is 3.90. The van der Waals surface area contributed by atoms with E-state index in [1.165, 1.54) is 0 Å². The van der Waals surface area contributed by atoms with Crippen LogP contribution < -0.4 is 0 Å². The van der Waals surface area contributed by atoms with Crippen LogP contribution in [0.5, 0.6) is 0 Å². The molecule has 0 spiro atoms. The molecule has 8 heavy (non-hydrogen) atoms. The molecule has 6 nitrogen and oxygen atoms in total. The minimum Gasteiger partial charge on any atom is -0.337 e. The molecular weight excluding hydrogens is 120 g/mol. The van der Waals surface area contributed by atoms with E-state index in [1.807, 2.05) is 0 Å². The molecule has 6 N–H and O–H groups in total. The molecule has 0 aromatic heterocycles. The van der Waals surface area contributed by atoms with Crippen molar-refractivity contribution in [3.63, 3.8) is 0 Å². The van der Waals surface area contributed by atoms with Gasteiger partial charge in [-0.15, -0.1) is 0 Å². The van der Waals surface area contributed by atoms with Crippen molar-refractivity contribution >= 4 is 0 Å². The summed E-state index contributed by atoms with van der Waals surface area (Å²) in [5, 5.41) is 46.3. The lowest BCUT2D eigenvalue weighted by Crippen LogP contribution is -2.54. The molecule has 0 radical (unpaired) electrons. The lowest BCUT2D eigenvalue weighted by molar-refractivity contribution is -0.512. The highest BCUT2D eigenvalue weighted by Crippen LogP contribution is 2.07. The Balaban J connectivity index is 4.02. The third kappa shape index (κ3) is 1.70. The van der Waals surface area contributed by atoms with E-state index >= 15 is 0 Å². The highest BCUT2D eigenvalue weighted by atomic mass is 16.8. The monoisotopic (exact) mass is 126 g/mol. The summed E-state index contributed by atoms with van der Waals surface area (Å²) < 4.78 is 0. The van der Waals surface area contributed by atoms with Crippen LogP contribution in [0.4, 0.5) is 0 Å². The van der Waals surface area contributed by atoms with Gasteiger partial charge in [-0.05, 0) is 0 Å². The fraction of sp³-hybridized carbons (Fsp3) is 1.00. The van der Waals surface area contributed by atoms with Gasteiger partial charge in [-0.25, -0.2) is 0 Å². The first-order chi connectivity index (χ1) is 3.25. The van der Waals surface area contributed by atoms with Crippen LogP contribution in [-0.4, -0.2) is 42.6 Å². The maximum absolute atomic E-state index is 7.72. The molecule has 0 aliphatic carbocycles. The summed E-state index contributed by atoms with van der Waals surface area (Å²) in [6.07, 6.45) is 0. The SMILES string of the molecule is OC(O)(O)C(O)(O)O. The number of aliphatic hydroxyl groups is 6. The Morgan fingerprint density at radius 1 is 0.500 bits per heavy atom. The maximum Gasteiger partial charge on any atom is 0.362 e. The van der Waals surface area contributed by atoms with E-state index in [0.717, 1.165) is 0 Å². The van der Waals surface area contributed by atoms with Crippen molar-refractivity contribution in [2.75, 3.05) is 0 Å². The molecule has 0 fully saturated rings. The van der Waals surface area contributed by atoms with Crippen LogP contribution in [0.2, 0.25) is 0 Å². The van der Waals surface area contributed by atoms with Crippen LogP contribution in [0, 0.1) is 0 Å². The third-order valence-electron chi connectivity index (χ3n) is 0.450. The van der Waals surface area contributed by atoms with Gasteiger partial charge in [0.2, 0.25) is 0 Å². The molecule has 0 saturated heterocycles. The zero-order chi connectivity index (χ0) is 7.00. The smallest absolute Gasteiger partial charge is 0.337 e. The lowest BCUT2D eigenvalue weighted by Gasteiger charge is -2.23. The summed E-state index contributed by atoms with van der Waals surface area (Å²) in [5.41, 5.74) is 0. The Kier molecular flexibility index (Phi) is 1.57. The molecule has 0 atom stereocenters. The molecular formula is C2H6O6. The van der Waals surface area contributed by atoms with Crippen molar-refractivity contribution in [2.45, 2.75) is 11.9 Å². The van der Waals surface area contributed by atoms with Crippen LogP contribution >= 0.6 is 0 Å². The zero-order valence-electron chi connectivity index (χ0n) is 3.68. The Bertz CT molecular complexity index is 61.5. The Labute approximate surface area is 43.9 Å². The number of rotatable bonds is 1. The van der Waals surface area contributed by atoms with Gasteiger partial charge < -0.3 is 30.6 Å². The van der Waals surface area contributed by atoms with E-state index in [9.17, 15) is 0 Å². The van der Waals surface area contributed by atoms with Gasteiger partial charge in [0.1, 0.15) is 0 Å². The van der Waals surface area contributed by atoms with E-state index < -0.39 is 11.9 Å². The summed E-state index contributed by atoms with van der Waals surface area (Å²) in [5.74, 6) is -7.79. The second kappa shape index (κ2) is 1.62. The highest BCUT2D eigenvalue weighted by molar-refractivity contribution is 4.54. The first-order valence-corrected chi connectivity index (χ1v) is 1.59. The summed E-state index contributed by atoms with van der Waals surface area (Å²) in [4.78, 5) is 0. The first kappa shape index (κ1) is 7.76. The van der Waals surface area contributed by atoms with E-state index in [4.69, 9.17) is 30.6 Å². The third-order valence-corrected chi connectivity index (χ3v) is 0.450. The predicted molar refractivity (Wildman–Crippen MR) is 18.8 cm³/mol. The average Bonchev–Trinajstić information content (AvgIpc) is 1.25. The standard InChI is InChI=1S/C2H6O6/c3-1(4,5)2(6,7)8/h3-8H. The van der Waals surface area contributed by atoms with Gasteiger partial charge in [0.15, 0.2) is 0 Å². The van der Waals surface area contributed by atoms with Gasteiger partial charge in [-0.3, -0.25) is 0 Å². The second-order valence-electron chi connectivity index (χ2n) is 1.27. The summed E-state index contributed by atoms with van der Waals surface area (Å²) in [6, 6.07) is 0. The summed E-state index contributed by atoms with van der Waals surface area (Å²) in [6.45, 7) is 0. The molecule has 0 saturated carbocycles. The van der Waals surface area contributed by atoms with Gasteiger partial charge in [0.25, 0.3) is 0 Å². The Hall–Kier alpha value is -0.240. The van der Waals surface area contributed by atoms with Crippen LogP contribution in [0.3, 0.4) is 0 Å².